The Hall–Kier alpha value is -1.43. The quantitative estimate of drug-likeness (QED) is 0.904. The summed E-state index contributed by atoms with van der Waals surface area (Å²) < 4.78 is 13.8. The highest BCUT2D eigenvalue weighted by Gasteiger charge is 2.39. The largest absolute Gasteiger partial charge is 0.342 e. The van der Waals surface area contributed by atoms with Crippen molar-refractivity contribution in [1.82, 2.24) is 5.32 Å². The fourth-order valence-electron chi connectivity index (χ4n) is 2.54. The lowest BCUT2D eigenvalue weighted by Crippen LogP contribution is -2.62. The topological polar surface area (TPSA) is 49.4 Å². The van der Waals surface area contributed by atoms with Crippen LogP contribution in [0.5, 0.6) is 0 Å². The molecule has 1 aliphatic heterocycles. The average Bonchev–Trinajstić information content (AvgIpc) is 2.42. The predicted octanol–water partition coefficient (Wildman–Crippen LogP) is 2.92. The summed E-state index contributed by atoms with van der Waals surface area (Å²) in [4.78, 5) is 26.2. The molecule has 2 atom stereocenters. The third kappa shape index (κ3) is 2.95. The van der Waals surface area contributed by atoms with E-state index in [9.17, 15) is 14.0 Å². The molecule has 1 fully saturated rings. The molecule has 1 aromatic carbocycles. The monoisotopic (exact) mass is 356 g/mol. The number of rotatable bonds is 3. The molecule has 0 aliphatic carbocycles. The summed E-state index contributed by atoms with van der Waals surface area (Å²) in [6.45, 7) is 5.36. The second-order valence-corrected chi connectivity index (χ2v) is 6.14. The van der Waals surface area contributed by atoms with Gasteiger partial charge in [0.15, 0.2) is 0 Å². The Balaban J connectivity index is 2.46. The first-order valence-corrected chi connectivity index (χ1v) is 7.75. The van der Waals surface area contributed by atoms with Crippen LogP contribution in [0.15, 0.2) is 16.6 Å². The van der Waals surface area contributed by atoms with Crippen LogP contribution in [0.25, 0.3) is 0 Å². The van der Waals surface area contributed by atoms with Crippen LogP contribution in [0.3, 0.4) is 0 Å². The summed E-state index contributed by atoms with van der Waals surface area (Å²) in [7, 11) is 0. The first-order chi connectivity index (χ1) is 9.86. The Morgan fingerprint density at radius 3 is 2.67 bits per heavy atom. The molecular formula is C15H18BrFN2O2. The number of piperazine rings is 1. The van der Waals surface area contributed by atoms with Crippen LogP contribution in [0.1, 0.15) is 32.3 Å². The zero-order chi connectivity index (χ0) is 15.7. The van der Waals surface area contributed by atoms with Crippen LogP contribution in [-0.4, -0.2) is 23.9 Å². The maximum absolute atomic E-state index is 13.6. The summed E-state index contributed by atoms with van der Waals surface area (Å²) in [6, 6.07) is 1.80. The van der Waals surface area contributed by atoms with Crippen molar-refractivity contribution in [3.8, 4) is 0 Å². The van der Waals surface area contributed by atoms with Crippen molar-refractivity contribution < 1.29 is 14.0 Å². The van der Waals surface area contributed by atoms with E-state index in [0.717, 1.165) is 6.42 Å². The number of anilines is 1. The summed E-state index contributed by atoms with van der Waals surface area (Å²) in [5.74, 6) is -0.721. The van der Waals surface area contributed by atoms with E-state index in [1.165, 1.54) is 11.0 Å². The molecule has 2 unspecified atom stereocenters. The van der Waals surface area contributed by atoms with Gasteiger partial charge >= 0.3 is 0 Å². The number of carbonyl (C=O) groups excluding carboxylic acids is 2. The molecule has 0 spiro atoms. The van der Waals surface area contributed by atoms with Gasteiger partial charge in [-0.25, -0.2) is 4.39 Å². The third-order valence-electron chi connectivity index (χ3n) is 3.69. The SMILES string of the molecule is CCCC1NC(=O)C(C)N(c2cc(Br)c(F)cc2C)C1=O. The van der Waals surface area contributed by atoms with Crippen LogP contribution in [0.4, 0.5) is 10.1 Å². The smallest absolute Gasteiger partial charge is 0.250 e. The summed E-state index contributed by atoms with van der Waals surface area (Å²) in [5, 5.41) is 2.75. The third-order valence-corrected chi connectivity index (χ3v) is 4.30. The molecule has 4 nitrogen and oxygen atoms in total. The number of nitrogens with zero attached hydrogens (tertiary/aromatic N) is 1. The standard InChI is InChI=1S/C15H18BrFN2O2/c1-4-5-12-15(21)19(9(3)14(20)18-12)13-7-10(16)11(17)6-8(13)2/h6-7,9,12H,4-5H2,1-3H3,(H,18,20). The second-order valence-electron chi connectivity index (χ2n) is 5.29. The second kappa shape index (κ2) is 6.13. The minimum absolute atomic E-state index is 0.148. The molecule has 1 aliphatic rings. The number of nitrogens with one attached hydrogen (secondary N) is 1. The minimum atomic E-state index is -0.610. The van der Waals surface area contributed by atoms with E-state index in [1.54, 1.807) is 19.9 Å². The van der Waals surface area contributed by atoms with Crippen molar-refractivity contribution in [3.05, 3.63) is 28.0 Å². The molecule has 114 valence electrons. The molecule has 2 amide bonds. The maximum atomic E-state index is 13.6. The summed E-state index contributed by atoms with van der Waals surface area (Å²) in [5.41, 5.74) is 1.19. The van der Waals surface area contributed by atoms with Crippen molar-refractivity contribution in [1.29, 1.82) is 0 Å². The zero-order valence-corrected chi connectivity index (χ0v) is 13.8. The highest BCUT2D eigenvalue weighted by molar-refractivity contribution is 9.10. The molecule has 0 aromatic heterocycles. The van der Waals surface area contributed by atoms with Gasteiger partial charge in [0.25, 0.3) is 0 Å². The van der Waals surface area contributed by atoms with E-state index in [0.29, 0.717) is 17.7 Å². The van der Waals surface area contributed by atoms with Crippen molar-refractivity contribution in [2.45, 2.75) is 45.7 Å². The van der Waals surface area contributed by atoms with Crippen molar-refractivity contribution in [3.63, 3.8) is 0 Å². The number of hydrogen-bond acceptors (Lipinski definition) is 2. The Kier molecular flexibility index (Phi) is 4.66. The van der Waals surface area contributed by atoms with E-state index < -0.39 is 12.1 Å². The molecule has 21 heavy (non-hydrogen) atoms. The molecule has 6 heteroatoms. The fraction of sp³-hybridized carbons (Fsp3) is 0.467. The molecule has 1 N–H and O–H groups in total. The van der Waals surface area contributed by atoms with Gasteiger partial charge in [-0.05, 0) is 53.9 Å². The lowest BCUT2D eigenvalue weighted by molar-refractivity contribution is -0.133. The Labute approximate surface area is 131 Å². The van der Waals surface area contributed by atoms with Crippen molar-refractivity contribution >= 4 is 33.4 Å². The van der Waals surface area contributed by atoms with E-state index in [2.05, 4.69) is 21.2 Å². The van der Waals surface area contributed by atoms with Gasteiger partial charge in [-0.1, -0.05) is 13.3 Å². The van der Waals surface area contributed by atoms with Gasteiger partial charge in [0.1, 0.15) is 17.9 Å². The van der Waals surface area contributed by atoms with E-state index >= 15 is 0 Å². The van der Waals surface area contributed by atoms with Crippen LogP contribution >= 0.6 is 15.9 Å². The van der Waals surface area contributed by atoms with Crippen LogP contribution in [-0.2, 0) is 9.59 Å². The zero-order valence-electron chi connectivity index (χ0n) is 12.2. The Morgan fingerprint density at radius 1 is 1.38 bits per heavy atom. The highest BCUT2D eigenvalue weighted by atomic mass is 79.9. The molecule has 0 radical (unpaired) electrons. The Bertz CT molecular complexity index is 591. The normalized spacial score (nSPS) is 22.4. The number of halogens is 2. The molecule has 1 heterocycles. The first kappa shape index (κ1) is 15.9. The molecule has 1 aromatic rings. The van der Waals surface area contributed by atoms with E-state index in [-0.39, 0.29) is 22.1 Å². The van der Waals surface area contributed by atoms with Crippen molar-refractivity contribution in [2.75, 3.05) is 4.90 Å². The van der Waals surface area contributed by atoms with E-state index in [1.807, 2.05) is 6.92 Å². The van der Waals surface area contributed by atoms with Crippen LogP contribution < -0.4 is 10.2 Å². The minimum Gasteiger partial charge on any atom is -0.342 e. The van der Waals surface area contributed by atoms with Crippen LogP contribution in [0.2, 0.25) is 0 Å². The van der Waals surface area contributed by atoms with E-state index in [4.69, 9.17) is 0 Å². The van der Waals surface area contributed by atoms with Crippen LogP contribution in [0, 0.1) is 12.7 Å². The average molecular weight is 357 g/mol. The Morgan fingerprint density at radius 2 is 2.05 bits per heavy atom. The lowest BCUT2D eigenvalue weighted by atomic mass is 10.0. The van der Waals surface area contributed by atoms with Gasteiger partial charge in [-0.2, -0.15) is 0 Å². The lowest BCUT2D eigenvalue weighted by Gasteiger charge is -2.38. The molecule has 2 rings (SSSR count). The first-order valence-electron chi connectivity index (χ1n) is 6.96. The fourth-order valence-corrected chi connectivity index (χ4v) is 2.87. The molecular weight excluding hydrogens is 339 g/mol. The molecule has 1 saturated heterocycles. The van der Waals surface area contributed by atoms with Gasteiger partial charge in [0.2, 0.25) is 11.8 Å². The van der Waals surface area contributed by atoms with Gasteiger partial charge in [-0.3, -0.25) is 14.5 Å². The highest BCUT2D eigenvalue weighted by Crippen LogP contribution is 2.30. The van der Waals surface area contributed by atoms with Gasteiger partial charge < -0.3 is 5.32 Å². The molecule has 0 saturated carbocycles. The van der Waals surface area contributed by atoms with Gasteiger partial charge in [0, 0.05) is 5.69 Å². The number of aryl methyl sites for hydroxylation is 1. The van der Waals surface area contributed by atoms with Crippen molar-refractivity contribution in [2.24, 2.45) is 0 Å². The number of amides is 2. The molecule has 0 bridgehead atoms. The summed E-state index contributed by atoms with van der Waals surface area (Å²) >= 11 is 3.13. The van der Waals surface area contributed by atoms with Gasteiger partial charge in [-0.15, -0.1) is 0 Å². The van der Waals surface area contributed by atoms with Gasteiger partial charge in [0.05, 0.1) is 4.47 Å². The number of benzene rings is 1. The number of carbonyl (C=O) groups is 2. The number of hydrogen-bond donors (Lipinski definition) is 1. The summed E-state index contributed by atoms with van der Waals surface area (Å²) in [6.07, 6.45) is 1.39. The maximum Gasteiger partial charge on any atom is 0.250 e. The predicted molar refractivity (Wildman–Crippen MR) is 82.6 cm³/mol.